The molecule has 2 aromatic heterocycles. The van der Waals surface area contributed by atoms with Crippen molar-refractivity contribution in [3.05, 3.63) is 75.7 Å². The summed E-state index contributed by atoms with van der Waals surface area (Å²) in [5.41, 5.74) is 4.00. The van der Waals surface area contributed by atoms with Crippen LogP contribution in [0.3, 0.4) is 0 Å². The second-order valence-corrected chi connectivity index (χ2v) is 9.41. The highest BCUT2D eigenvalue weighted by atomic mass is 35.5. The first kappa shape index (κ1) is 20.1. The molecule has 0 saturated carbocycles. The van der Waals surface area contributed by atoms with Crippen molar-refractivity contribution in [3.8, 4) is 5.69 Å². The smallest absolute Gasteiger partial charge is 0.335 e. The zero-order valence-corrected chi connectivity index (χ0v) is 18.3. The molecule has 0 amide bonds. The number of halogens is 1. The molecule has 0 radical (unpaired) electrons. The number of imidazole rings is 1. The quantitative estimate of drug-likeness (QED) is 0.473. The maximum absolute atomic E-state index is 11.2. The average molecular weight is 453 g/mol. The van der Waals surface area contributed by atoms with Gasteiger partial charge in [0.2, 0.25) is 0 Å². The van der Waals surface area contributed by atoms with E-state index in [-0.39, 0.29) is 5.56 Å². The van der Waals surface area contributed by atoms with Gasteiger partial charge < -0.3 is 10.0 Å². The van der Waals surface area contributed by atoms with Crippen LogP contribution in [0.5, 0.6) is 0 Å². The third-order valence-corrected chi connectivity index (χ3v) is 6.86. The Bertz CT molecular complexity index is 1240. The van der Waals surface area contributed by atoms with Gasteiger partial charge in [-0.15, -0.1) is 11.3 Å². The number of piperazine rings is 1. The highest BCUT2D eigenvalue weighted by molar-refractivity contribution is 7.16. The summed E-state index contributed by atoms with van der Waals surface area (Å²) < 4.78 is 2.85. The van der Waals surface area contributed by atoms with Crippen molar-refractivity contribution in [2.75, 3.05) is 31.1 Å². The summed E-state index contributed by atoms with van der Waals surface area (Å²) in [7, 11) is 0. The van der Waals surface area contributed by atoms with Crippen molar-refractivity contribution in [3.63, 3.8) is 0 Å². The van der Waals surface area contributed by atoms with Gasteiger partial charge in [0, 0.05) is 49.0 Å². The van der Waals surface area contributed by atoms with Crippen molar-refractivity contribution in [1.82, 2.24) is 14.5 Å². The Hall–Kier alpha value is -2.87. The molecule has 1 aliphatic heterocycles. The maximum atomic E-state index is 11.2. The summed E-state index contributed by atoms with van der Waals surface area (Å²) >= 11 is 7.71. The topological polar surface area (TPSA) is 61.6 Å². The van der Waals surface area contributed by atoms with E-state index in [9.17, 15) is 9.90 Å². The first-order valence-electron chi connectivity index (χ1n) is 10.1. The molecule has 0 spiro atoms. The highest BCUT2D eigenvalue weighted by Gasteiger charge is 2.18. The number of hydrogen-bond donors (Lipinski definition) is 1. The fraction of sp³-hybridized carbons (Fsp3) is 0.217. The number of aromatic carboxylic acids is 1. The molecule has 1 saturated heterocycles. The Kier molecular flexibility index (Phi) is 5.40. The molecule has 1 fully saturated rings. The lowest BCUT2D eigenvalue weighted by molar-refractivity contribution is 0.0697. The van der Waals surface area contributed by atoms with E-state index in [0.717, 1.165) is 48.3 Å². The predicted molar refractivity (Wildman–Crippen MR) is 125 cm³/mol. The standard InChI is InChI=1S/C23H21ClN4O2S/c24-22-7-5-19(31-22)14-26-8-10-27(11-9-26)17-2-1-3-18(13-17)28-15-25-20-12-16(23(29)30)4-6-21(20)28/h1-7,12-13,15H,8-11,14H2,(H,29,30). The fourth-order valence-electron chi connectivity index (χ4n) is 4.01. The van der Waals surface area contributed by atoms with E-state index in [2.05, 4.69) is 39.0 Å². The van der Waals surface area contributed by atoms with Gasteiger partial charge in [0.25, 0.3) is 0 Å². The van der Waals surface area contributed by atoms with Gasteiger partial charge in [-0.2, -0.15) is 0 Å². The van der Waals surface area contributed by atoms with Crippen LogP contribution >= 0.6 is 22.9 Å². The molecular formula is C23H21ClN4O2S. The van der Waals surface area contributed by atoms with Crippen LogP contribution in [0.15, 0.2) is 60.9 Å². The summed E-state index contributed by atoms with van der Waals surface area (Å²) in [5, 5.41) is 9.20. The molecule has 5 rings (SSSR count). The van der Waals surface area contributed by atoms with E-state index in [1.54, 1.807) is 29.8 Å². The maximum Gasteiger partial charge on any atom is 0.335 e. The molecule has 3 heterocycles. The third kappa shape index (κ3) is 4.17. The van der Waals surface area contributed by atoms with Crippen molar-refractivity contribution >= 4 is 45.6 Å². The number of nitrogens with zero attached hydrogens (tertiary/aromatic N) is 4. The first-order chi connectivity index (χ1) is 15.1. The molecule has 1 N–H and O–H groups in total. The summed E-state index contributed by atoms with van der Waals surface area (Å²) in [6, 6.07) is 17.5. The minimum Gasteiger partial charge on any atom is -0.478 e. The molecule has 0 bridgehead atoms. The van der Waals surface area contributed by atoms with Crippen molar-refractivity contribution < 1.29 is 9.90 Å². The second-order valence-electron chi connectivity index (χ2n) is 7.61. The largest absolute Gasteiger partial charge is 0.478 e. The lowest BCUT2D eigenvalue weighted by atomic mass is 10.2. The van der Waals surface area contributed by atoms with Crippen LogP contribution in [0, 0.1) is 0 Å². The van der Waals surface area contributed by atoms with Gasteiger partial charge in [-0.1, -0.05) is 17.7 Å². The van der Waals surface area contributed by atoms with Crippen LogP contribution in [-0.4, -0.2) is 51.7 Å². The van der Waals surface area contributed by atoms with Crippen LogP contribution in [0.25, 0.3) is 16.7 Å². The zero-order valence-electron chi connectivity index (χ0n) is 16.7. The van der Waals surface area contributed by atoms with Gasteiger partial charge >= 0.3 is 5.97 Å². The monoisotopic (exact) mass is 452 g/mol. The SMILES string of the molecule is O=C(O)c1ccc2c(c1)ncn2-c1cccc(N2CCN(Cc3ccc(Cl)s3)CC2)c1. The van der Waals surface area contributed by atoms with Gasteiger partial charge in [-0.25, -0.2) is 9.78 Å². The lowest BCUT2D eigenvalue weighted by Gasteiger charge is -2.36. The third-order valence-electron chi connectivity index (χ3n) is 5.65. The van der Waals surface area contributed by atoms with Crippen LogP contribution in [0.4, 0.5) is 5.69 Å². The summed E-state index contributed by atoms with van der Waals surface area (Å²) in [5.74, 6) is -0.945. The normalized spacial score (nSPS) is 14.9. The first-order valence-corrected chi connectivity index (χ1v) is 11.3. The Morgan fingerprint density at radius 3 is 2.58 bits per heavy atom. The summed E-state index contributed by atoms with van der Waals surface area (Å²) in [6.45, 7) is 4.90. The molecule has 8 heteroatoms. The molecule has 6 nitrogen and oxygen atoms in total. The Morgan fingerprint density at radius 2 is 1.84 bits per heavy atom. The van der Waals surface area contributed by atoms with Gasteiger partial charge in [0.15, 0.2) is 0 Å². The van der Waals surface area contributed by atoms with E-state index in [4.69, 9.17) is 11.6 Å². The zero-order chi connectivity index (χ0) is 21.4. The van der Waals surface area contributed by atoms with Gasteiger partial charge in [-0.05, 0) is 48.5 Å². The molecular weight excluding hydrogens is 432 g/mol. The minimum atomic E-state index is -0.945. The van der Waals surface area contributed by atoms with E-state index in [1.807, 2.05) is 22.8 Å². The predicted octanol–water partition coefficient (Wildman–Crippen LogP) is 4.76. The second kappa shape index (κ2) is 8.34. The number of benzene rings is 2. The van der Waals surface area contributed by atoms with E-state index >= 15 is 0 Å². The molecule has 31 heavy (non-hydrogen) atoms. The fourth-order valence-corrected chi connectivity index (χ4v) is 5.14. The van der Waals surface area contributed by atoms with E-state index < -0.39 is 5.97 Å². The summed E-state index contributed by atoms with van der Waals surface area (Å²) in [6.07, 6.45) is 1.75. The van der Waals surface area contributed by atoms with Crippen molar-refractivity contribution in [2.45, 2.75) is 6.54 Å². The average Bonchev–Trinajstić information content (AvgIpc) is 3.39. The van der Waals surface area contributed by atoms with Crippen LogP contribution in [-0.2, 0) is 6.54 Å². The molecule has 1 aliphatic rings. The molecule has 158 valence electrons. The number of thiophene rings is 1. The molecule has 2 aromatic carbocycles. The molecule has 4 aromatic rings. The number of carbonyl (C=O) groups is 1. The van der Waals surface area contributed by atoms with E-state index in [1.165, 1.54) is 10.6 Å². The number of carboxylic acid groups (broad SMARTS) is 1. The molecule has 0 unspecified atom stereocenters. The number of rotatable bonds is 5. The lowest BCUT2D eigenvalue weighted by Crippen LogP contribution is -2.45. The summed E-state index contributed by atoms with van der Waals surface area (Å²) in [4.78, 5) is 21.8. The van der Waals surface area contributed by atoms with Crippen molar-refractivity contribution in [1.29, 1.82) is 0 Å². The molecule has 0 atom stereocenters. The van der Waals surface area contributed by atoms with Crippen LogP contribution in [0.1, 0.15) is 15.2 Å². The molecule has 0 aliphatic carbocycles. The number of hydrogen-bond acceptors (Lipinski definition) is 5. The van der Waals surface area contributed by atoms with Gasteiger partial charge in [0.1, 0.15) is 6.33 Å². The minimum absolute atomic E-state index is 0.245. The Balaban J connectivity index is 1.32. The van der Waals surface area contributed by atoms with E-state index in [0.29, 0.717) is 5.52 Å². The number of aromatic nitrogens is 2. The highest BCUT2D eigenvalue weighted by Crippen LogP contribution is 2.26. The van der Waals surface area contributed by atoms with Crippen LogP contribution in [0.2, 0.25) is 4.34 Å². The van der Waals surface area contributed by atoms with Crippen LogP contribution < -0.4 is 4.90 Å². The van der Waals surface area contributed by atoms with Crippen molar-refractivity contribution in [2.24, 2.45) is 0 Å². The Labute approximate surface area is 188 Å². The number of carboxylic acids is 1. The Morgan fingerprint density at radius 1 is 1.03 bits per heavy atom. The number of anilines is 1. The van der Waals surface area contributed by atoms with Gasteiger partial charge in [-0.3, -0.25) is 9.47 Å². The van der Waals surface area contributed by atoms with Gasteiger partial charge in [0.05, 0.1) is 20.9 Å². The number of fused-ring (bicyclic) bond motifs is 1.